The van der Waals surface area contributed by atoms with Crippen LogP contribution in [-0.2, 0) is 0 Å². The Kier molecular flexibility index (Phi) is 4.35. The average Bonchev–Trinajstić information content (AvgIpc) is 3.33. The van der Waals surface area contributed by atoms with Gasteiger partial charge in [0, 0.05) is 25.6 Å². The minimum atomic E-state index is 0.662. The minimum absolute atomic E-state index is 0.662. The van der Waals surface area contributed by atoms with Crippen molar-refractivity contribution < 1.29 is 0 Å². The molecule has 2 heterocycles. The van der Waals surface area contributed by atoms with E-state index in [1.165, 1.54) is 50.9 Å². The predicted molar refractivity (Wildman–Crippen MR) is 82.3 cm³/mol. The van der Waals surface area contributed by atoms with Crippen LogP contribution in [0.4, 0.5) is 11.8 Å². The maximum absolute atomic E-state index is 4.54. The van der Waals surface area contributed by atoms with Gasteiger partial charge in [-0.1, -0.05) is 0 Å². The number of anilines is 2. The number of hydrogen-bond acceptors (Lipinski definition) is 5. The predicted octanol–water partition coefficient (Wildman–Crippen LogP) is 2.20. The molecule has 0 radical (unpaired) electrons. The molecule has 0 atom stereocenters. The van der Waals surface area contributed by atoms with E-state index in [1.54, 1.807) is 0 Å². The molecule has 1 aromatic rings. The van der Waals surface area contributed by atoms with E-state index in [9.17, 15) is 0 Å². The number of nitrogens with one attached hydrogen (secondary N) is 3. The highest BCUT2D eigenvalue weighted by molar-refractivity contribution is 5.43. The first-order chi connectivity index (χ1) is 9.85. The molecule has 0 spiro atoms. The van der Waals surface area contributed by atoms with Gasteiger partial charge in [-0.3, -0.25) is 0 Å². The van der Waals surface area contributed by atoms with Crippen LogP contribution in [0.2, 0.25) is 0 Å². The van der Waals surface area contributed by atoms with Gasteiger partial charge < -0.3 is 16.0 Å². The van der Waals surface area contributed by atoms with E-state index in [0.29, 0.717) is 5.92 Å². The number of hydrogen-bond donors (Lipinski definition) is 3. The van der Waals surface area contributed by atoms with Crippen LogP contribution in [0.5, 0.6) is 0 Å². The fourth-order valence-corrected chi connectivity index (χ4v) is 2.83. The molecular weight excluding hydrogens is 250 g/mol. The minimum Gasteiger partial charge on any atom is -0.370 e. The Balaban J connectivity index is 1.54. The van der Waals surface area contributed by atoms with Crippen molar-refractivity contribution in [3.63, 3.8) is 0 Å². The molecule has 20 heavy (non-hydrogen) atoms. The number of nitrogens with zero attached hydrogens (tertiary/aromatic N) is 2. The number of piperidine rings is 1. The van der Waals surface area contributed by atoms with Gasteiger partial charge in [0.05, 0.1) is 5.69 Å². The fourth-order valence-electron chi connectivity index (χ4n) is 2.83. The Labute approximate surface area is 121 Å². The van der Waals surface area contributed by atoms with Crippen LogP contribution in [0.25, 0.3) is 0 Å². The first-order valence-corrected chi connectivity index (χ1v) is 7.86. The summed E-state index contributed by atoms with van der Waals surface area (Å²) >= 11 is 0. The molecule has 1 aliphatic carbocycles. The normalized spacial score (nSPS) is 19.9. The smallest absolute Gasteiger partial charge is 0.224 e. The summed E-state index contributed by atoms with van der Waals surface area (Å²) in [5, 5.41) is 9.95. The van der Waals surface area contributed by atoms with Crippen molar-refractivity contribution in [2.75, 3.05) is 37.3 Å². The zero-order valence-corrected chi connectivity index (χ0v) is 12.3. The summed E-state index contributed by atoms with van der Waals surface area (Å²) in [5.41, 5.74) is 1.19. The lowest BCUT2D eigenvalue weighted by molar-refractivity contribution is 0.361. The summed E-state index contributed by atoms with van der Waals surface area (Å²) < 4.78 is 0. The molecule has 1 aliphatic heterocycles. The maximum Gasteiger partial charge on any atom is 0.224 e. The molecule has 2 aliphatic rings. The summed E-state index contributed by atoms with van der Waals surface area (Å²) in [7, 11) is 1.88. The highest BCUT2D eigenvalue weighted by atomic mass is 15.1. The molecule has 110 valence electrons. The van der Waals surface area contributed by atoms with E-state index in [1.807, 2.05) is 7.05 Å². The zero-order chi connectivity index (χ0) is 13.8. The van der Waals surface area contributed by atoms with Crippen molar-refractivity contribution in [1.82, 2.24) is 15.3 Å². The Morgan fingerprint density at radius 2 is 2.00 bits per heavy atom. The van der Waals surface area contributed by atoms with E-state index in [0.717, 1.165) is 24.2 Å². The summed E-state index contributed by atoms with van der Waals surface area (Å²) in [6.07, 6.45) is 6.39. The third-order valence-electron chi connectivity index (χ3n) is 4.28. The van der Waals surface area contributed by atoms with Crippen LogP contribution in [0.1, 0.15) is 43.7 Å². The van der Waals surface area contributed by atoms with Crippen molar-refractivity contribution in [3.8, 4) is 0 Å². The van der Waals surface area contributed by atoms with Crippen molar-refractivity contribution in [2.45, 2.75) is 38.0 Å². The van der Waals surface area contributed by atoms with E-state index in [-0.39, 0.29) is 0 Å². The molecule has 0 unspecified atom stereocenters. The topological polar surface area (TPSA) is 61.9 Å². The van der Waals surface area contributed by atoms with Crippen LogP contribution >= 0.6 is 0 Å². The highest BCUT2D eigenvalue weighted by Crippen LogP contribution is 2.39. The van der Waals surface area contributed by atoms with Crippen LogP contribution in [0, 0.1) is 5.92 Å². The van der Waals surface area contributed by atoms with Crippen LogP contribution in [0.15, 0.2) is 6.07 Å². The Morgan fingerprint density at radius 1 is 1.20 bits per heavy atom. The first kappa shape index (κ1) is 13.6. The van der Waals surface area contributed by atoms with Gasteiger partial charge >= 0.3 is 0 Å². The van der Waals surface area contributed by atoms with Gasteiger partial charge in [-0.15, -0.1) is 0 Å². The lowest BCUT2D eigenvalue weighted by Gasteiger charge is -2.22. The molecule has 1 saturated carbocycles. The second-order valence-corrected chi connectivity index (χ2v) is 5.93. The molecule has 0 bridgehead atoms. The van der Waals surface area contributed by atoms with Gasteiger partial charge in [-0.05, 0) is 51.1 Å². The molecule has 3 N–H and O–H groups in total. The van der Waals surface area contributed by atoms with E-state index in [4.69, 9.17) is 0 Å². The van der Waals surface area contributed by atoms with Crippen LogP contribution in [0.3, 0.4) is 0 Å². The Bertz CT molecular complexity index is 438. The second-order valence-electron chi connectivity index (χ2n) is 5.93. The Morgan fingerprint density at radius 3 is 2.70 bits per heavy atom. The van der Waals surface area contributed by atoms with Crippen molar-refractivity contribution in [1.29, 1.82) is 0 Å². The fraction of sp³-hybridized carbons (Fsp3) is 0.733. The lowest BCUT2D eigenvalue weighted by atomic mass is 9.95. The molecule has 5 nitrogen and oxygen atoms in total. The van der Waals surface area contributed by atoms with Crippen molar-refractivity contribution in [3.05, 3.63) is 11.8 Å². The zero-order valence-electron chi connectivity index (χ0n) is 12.3. The SMILES string of the molecule is CNc1nc(NCCC2CCNCC2)cc(C2CC2)n1. The highest BCUT2D eigenvalue weighted by Gasteiger charge is 2.26. The van der Waals surface area contributed by atoms with E-state index in [2.05, 4.69) is 32.0 Å². The largest absolute Gasteiger partial charge is 0.370 e. The third kappa shape index (κ3) is 3.60. The molecule has 0 aromatic carbocycles. The molecule has 1 aromatic heterocycles. The lowest BCUT2D eigenvalue weighted by Crippen LogP contribution is -2.28. The van der Waals surface area contributed by atoms with Gasteiger partial charge in [0.25, 0.3) is 0 Å². The summed E-state index contributed by atoms with van der Waals surface area (Å²) in [6.45, 7) is 3.36. The van der Waals surface area contributed by atoms with Crippen LogP contribution < -0.4 is 16.0 Å². The third-order valence-corrected chi connectivity index (χ3v) is 4.28. The van der Waals surface area contributed by atoms with Crippen LogP contribution in [-0.4, -0.2) is 36.6 Å². The monoisotopic (exact) mass is 275 g/mol. The summed E-state index contributed by atoms with van der Waals surface area (Å²) in [5.74, 6) is 3.23. The van der Waals surface area contributed by atoms with E-state index >= 15 is 0 Å². The van der Waals surface area contributed by atoms with E-state index < -0.39 is 0 Å². The average molecular weight is 275 g/mol. The molecular formula is C15H25N5. The number of aromatic nitrogens is 2. The van der Waals surface area contributed by atoms with Gasteiger partial charge in [-0.25, -0.2) is 4.98 Å². The molecule has 5 heteroatoms. The summed E-state index contributed by atoms with van der Waals surface area (Å²) in [4.78, 5) is 9.04. The number of rotatable bonds is 6. The molecule has 3 rings (SSSR count). The van der Waals surface area contributed by atoms with Crippen molar-refractivity contribution in [2.24, 2.45) is 5.92 Å². The Hall–Kier alpha value is -1.36. The summed E-state index contributed by atoms with van der Waals surface area (Å²) in [6, 6.07) is 2.13. The molecule has 1 saturated heterocycles. The standard InChI is InChI=1S/C15H25N5/c1-16-15-19-13(12-2-3-12)10-14(20-15)18-9-6-11-4-7-17-8-5-11/h10-12,17H,2-9H2,1H3,(H2,16,18,19,20). The second kappa shape index (κ2) is 6.39. The van der Waals surface area contributed by atoms with Gasteiger partial charge in [0.15, 0.2) is 0 Å². The molecule has 0 amide bonds. The molecule has 2 fully saturated rings. The van der Waals surface area contributed by atoms with Gasteiger partial charge in [-0.2, -0.15) is 4.98 Å². The van der Waals surface area contributed by atoms with Crippen molar-refractivity contribution >= 4 is 11.8 Å². The van der Waals surface area contributed by atoms with Gasteiger partial charge in [0.1, 0.15) is 5.82 Å². The van der Waals surface area contributed by atoms with Gasteiger partial charge in [0.2, 0.25) is 5.95 Å². The first-order valence-electron chi connectivity index (χ1n) is 7.86. The quantitative estimate of drug-likeness (QED) is 0.743. The maximum atomic E-state index is 4.54.